The molecule has 2 aromatic heterocycles. The lowest BCUT2D eigenvalue weighted by molar-refractivity contribution is 0.102. The molecule has 6 heteroatoms. The van der Waals surface area contributed by atoms with Crippen molar-refractivity contribution in [3.05, 3.63) is 96.8 Å². The predicted molar refractivity (Wildman–Crippen MR) is 117 cm³/mol. The van der Waals surface area contributed by atoms with E-state index in [2.05, 4.69) is 16.5 Å². The zero-order chi connectivity index (χ0) is 19.6. The number of para-hydroxylation sites is 2. The Hall–Kier alpha value is -3.77. The van der Waals surface area contributed by atoms with Gasteiger partial charge in [-0.05, 0) is 54.6 Å². The highest BCUT2D eigenvalue weighted by Crippen LogP contribution is 2.34. The Labute approximate surface area is 171 Å². The number of fused-ring (bicyclic) bond motifs is 1. The molecule has 5 aromatic rings. The lowest BCUT2D eigenvalue weighted by atomic mass is 10.1. The summed E-state index contributed by atoms with van der Waals surface area (Å²) in [5.41, 5.74) is 4.10. The van der Waals surface area contributed by atoms with Gasteiger partial charge in [0.2, 0.25) is 0 Å². The molecule has 0 atom stereocenters. The first-order chi connectivity index (χ1) is 14.3. The van der Waals surface area contributed by atoms with E-state index in [9.17, 15) is 4.79 Å². The molecule has 5 nitrogen and oxygen atoms in total. The maximum atomic E-state index is 12.8. The molecule has 1 amide bonds. The number of benzene rings is 3. The van der Waals surface area contributed by atoms with E-state index in [1.807, 2.05) is 66.9 Å². The third-order valence-electron chi connectivity index (χ3n) is 4.60. The first kappa shape index (κ1) is 17.3. The van der Waals surface area contributed by atoms with Gasteiger partial charge in [-0.1, -0.05) is 24.3 Å². The summed E-state index contributed by atoms with van der Waals surface area (Å²) < 4.78 is 2.88. The number of thiazole rings is 1. The fourth-order valence-corrected chi connectivity index (χ4v) is 4.15. The predicted octanol–water partition coefficient (Wildman–Crippen LogP) is 5.40. The van der Waals surface area contributed by atoms with Crippen LogP contribution in [0.25, 0.3) is 26.5 Å². The van der Waals surface area contributed by atoms with Gasteiger partial charge in [0.15, 0.2) is 0 Å². The minimum Gasteiger partial charge on any atom is -0.321 e. The summed E-state index contributed by atoms with van der Waals surface area (Å²) in [6.45, 7) is 0. The summed E-state index contributed by atoms with van der Waals surface area (Å²) in [6.07, 6.45) is 3.59. The van der Waals surface area contributed by atoms with Crippen molar-refractivity contribution < 1.29 is 4.79 Å². The summed E-state index contributed by atoms with van der Waals surface area (Å²) in [6, 6.07) is 25.0. The molecule has 1 N–H and O–H groups in total. The molecule has 0 aliphatic carbocycles. The maximum Gasteiger partial charge on any atom is 0.255 e. The van der Waals surface area contributed by atoms with Crippen LogP contribution in [-0.4, -0.2) is 20.7 Å². The molecule has 3 aromatic carbocycles. The smallest absolute Gasteiger partial charge is 0.255 e. The molecule has 0 aliphatic rings. The van der Waals surface area contributed by atoms with E-state index >= 15 is 0 Å². The average molecular weight is 396 g/mol. The van der Waals surface area contributed by atoms with Crippen LogP contribution in [0, 0.1) is 0 Å². The van der Waals surface area contributed by atoms with Gasteiger partial charge in [-0.2, -0.15) is 5.10 Å². The molecule has 0 saturated carbocycles. The van der Waals surface area contributed by atoms with E-state index in [4.69, 9.17) is 4.98 Å². The van der Waals surface area contributed by atoms with Crippen molar-refractivity contribution in [3.8, 4) is 16.3 Å². The topological polar surface area (TPSA) is 59.8 Å². The molecule has 0 saturated heterocycles. The van der Waals surface area contributed by atoms with Crippen LogP contribution in [-0.2, 0) is 0 Å². The second-order valence-corrected chi connectivity index (χ2v) is 7.51. The van der Waals surface area contributed by atoms with E-state index in [1.165, 1.54) is 0 Å². The molecule has 29 heavy (non-hydrogen) atoms. The van der Waals surface area contributed by atoms with Gasteiger partial charge >= 0.3 is 0 Å². The van der Waals surface area contributed by atoms with Gasteiger partial charge in [-0.3, -0.25) is 4.79 Å². The van der Waals surface area contributed by atoms with E-state index in [-0.39, 0.29) is 5.91 Å². The van der Waals surface area contributed by atoms with E-state index in [1.54, 1.807) is 34.3 Å². The van der Waals surface area contributed by atoms with Gasteiger partial charge in [-0.15, -0.1) is 11.3 Å². The number of carbonyl (C=O) groups is 1. The van der Waals surface area contributed by atoms with Crippen molar-refractivity contribution in [2.75, 3.05) is 5.32 Å². The lowest BCUT2D eigenvalue weighted by Crippen LogP contribution is -2.12. The normalized spacial score (nSPS) is 10.9. The molecule has 0 unspecified atom stereocenters. The summed E-state index contributed by atoms with van der Waals surface area (Å²) >= 11 is 1.62. The maximum absolute atomic E-state index is 12.8. The molecule has 0 bridgehead atoms. The van der Waals surface area contributed by atoms with Gasteiger partial charge in [0.05, 0.1) is 21.6 Å². The second-order valence-electron chi connectivity index (χ2n) is 6.48. The van der Waals surface area contributed by atoms with Gasteiger partial charge in [-0.25, -0.2) is 9.67 Å². The zero-order valence-electron chi connectivity index (χ0n) is 15.3. The first-order valence-electron chi connectivity index (χ1n) is 9.14. The molecule has 0 fully saturated rings. The molecule has 140 valence electrons. The minimum absolute atomic E-state index is 0.162. The number of anilines is 1. The van der Waals surface area contributed by atoms with Crippen LogP contribution in [0.4, 0.5) is 5.69 Å². The number of nitrogens with zero attached hydrogens (tertiary/aromatic N) is 3. The standard InChI is InChI=1S/C23H16N4OS/c28-22(16-10-12-17(13-11-16)27-15-5-14-24-27)25-19-7-2-1-6-18(19)23-26-20-8-3-4-9-21(20)29-23/h1-15H,(H,25,28). The molecular formula is C23H16N4OS. The number of nitrogens with one attached hydrogen (secondary N) is 1. The van der Waals surface area contributed by atoms with Crippen LogP contribution >= 0.6 is 11.3 Å². The molecule has 5 rings (SSSR count). The van der Waals surface area contributed by atoms with Gasteiger partial charge in [0.1, 0.15) is 5.01 Å². The van der Waals surface area contributed by atoms with Crippen molar-refractivity contribution in [2.24, 2.45) is 0 Å². The monoisotopic (exact) mass is 396 g/mol. The molecule has 0 radical (unpaired) electrons. The van der Waals surface area contributed by atoms with Crippen LogP contribution in [0.5, 0.6) is 0 Å². The zero-order valence-corrected chi connectivity index (χ0v) is 16.1. The quantitative estimate of drug-likeness (QED) is 0.442. The highest BCUT2D eigenvalue weighted by atomic mass is 32.1. The summed E-state index contributed by atoms with van der Waals surface area (Å²) in [5, 5.41) is 8.12. The van der Waals surface area contributed by atoms with Crippen molar-refractivity contribution in [3.63, 3.8) is 0 Å². The number of hydrogen-bond donors (Lipinski definition) is 1. The van der Waals surface area contributed by atoms with Crippen molar-refractivity contribution in [1.82, 2.24) is 14.8 Å². The molecule has 2 heterocycles. The molecule has 0 spiro atoms. The van der Waals surface area contributed by atoms with E-state index in [0.29, 0.717) is 5.56 Å². The summed E-state index contributed by atoms with van der Waals surface area (Å²) in [7, 11) is 0. The Morgan fingerprint density at radius 1 is 0.897 bits per heavy atom. The van der Waals surface area contributed by atoms with Gasteiger partial charge in [0, 0.05) is 23.5 Å². The van der Waals surface area contributed by atoms with Gasteiger partial charge in [0.25, 0.3) is 5.91 Å². The number of amides is 1. The van der Waals surface area contributed by atoms with E-state index in [0.717, 1.165) is 32.2 Å². The van der Waals surface area contributed by atoms with Crippen LogP contribution < -0.4 is 5.32 Å². The average Bonchev–Trinajstić information content (AvgIpc) is 3.44. The van der Waals surface area contributed by atoms with Crippen LogP contribution in [0.1, 0.15) is 10.4 Å². The highest BCUT2D eigenvalue weighted by molar-refractivity contribution is 7.21. The lowest BCUT2D eigenvalue weighted by Gasteiger charge is -2.10. The first-order valence-corrected chi connectivity index (χ1v) is 9.96. The van der Waals surface area contributed by atoms with Gasteiger partial charge < -0.3 is 5.32 Å². The van der Waals surface area contributed by atoms with Crippen molar-refractivity contribution >= 4 is 33.1 Å². The highest BCUT2D eigenvalue weighted by Gasteiger charge is 2.13. The number of hydrogen-bond acceptors (Lipinski definition) is 4. The Morgan fingerprint density at radius 2 is 1.69 bits per heavy atom. The Morgan fingerprint density at radius 3 is 2.48 bits per heavy atom. The minimum atomic E-state index is -0.162. The molecule has 0 aliphatic heterocycles. The van der Waals surface area contributed by atoms with Crippen LogP contribution in [0.2, 0.25) is 0 Å². The summed E-state index contributed by atoms with van der Waals surface area (Å²) in [4.78, 5) is 17.5. The third-order valence-corrected chi connectivity index (χ3v) is 5.67. The van der Waals surface area contributed by atoms with Crippen molar-refractivity contribution in [1.29, 1.82) is 0 Å². The van der Waals surface area contributed by atoms with E-state index < -0.39 is 0 Å². The summed E-state index contributed by atoms with van der Waals surface area (Å²) in [5.74, 6) is -0.162. The van der Waals surface area contributed by atoms with Crippen molar-refractivity contribution in [2.45, 2.75) is 0 Å². The molecular weight excluding hydrogens is 380 g/mol. The van der Waals surface area contributed by atoms with Crippen LogP contribution in [0.15, 0.2) is 91.3 Å². The number of aromatic nitrogens is 3. The Bertz CT molecular complexity index is 1260. The fraction of sp³-hybridized carbons (Fsp3) is 0. The largest absolute Gasteiger partial charge is 0.321 e. The Kier molecular flexibility index (Phi) is 4.38. The number of rotatable bonds is 4. The fourth-order valence-electron chi connectivity index (χ4n) is 3.15. The Balaban J connectivity index is 1.42. The second kappa shape index (κ2) is 7.33. The van der Waals surface area contributed by atoms with Crippen LogP contribution in [0.3, 0.4) is 0 Å². The SMILES string of the molecule is O=C(Nc1ccccc1-c1nc2ccccc2s1)c1ccc(-n2cccn2)cc1. The number of carbonyl (C=O) groups excluding carboxylic acids is 1. The third kappa shape index (κ3) is 3.41.